The van der Waals surface area contributed by atoms with Crippen LogP contribution in [-0.2, 0) is 14.8 Å². The minimum atomic E-state index is -3.80. The van der Waals surface area contributed by atoms with Gasteiger partial charge in [0.1, 0.15) is 0 Å². The van der Waals surface area contributed by atoms with Crippen LogP contribution in [0.25, 0.3) is 0 Å². The number of carbonyl (C=O) groups excluding carboxylic acids is 2. The molecule has 0 aromatic heterocycles. The molecule has 0 spiro atoms. The number of sulfonamides is 1. The zero-order chi connectivity index (χ0) is 24.3. The molecule has 34 heavy (non-hydrogen) atoms. The molecule has 8 heteroatoms. The predicted octanol–water partition coefficient (Wildman–Crippen LogP) is 3.62. The standard InChI is InChI=1S/C26H33N3O4S/c1-20-8-7-15-29(19-20)25(30)21-13-16-28(17-14-21)26(31)22-9-6-12-24(18-22)34(32,33)27(2)23-10-4-3-5-11-23/h3-6,9-12,18,20-21H,7-8,13-17,19H2,1-2H3/t20-/m0/s1. The fourth-order valence-corrected chi connectivity index (χ4v) is 6.13. The van der Waals surface area contributed by atoms with Crippen LogP contribution in [0.5, 0.6) is 0 Å². The molecule has 0 bridgehead atoms. The third kappa shape index (κ3) is 5.12. The van der Waals surface area contributed by atoms with Crippen LogP contribution >= 0.6 is 0 Å². The van der Waals surface area contributed by atoms with Crippen molar-refractivity contribution >= 4 is 27.5 Å². The molecule has 2 amide bonds. The lowest BCUT2D eigenvalue weighted by Crippen LogP contribution is -2.47. The molecule has 0 radical (unpaired) electrons. The molecule has 2 aromatic rings. The van der Waals surface area contributed by atoms with E-state index in [9.17, 15) is 18.0 Å². The minimum absolute atomic E-state index is 0.0411. The Morgan fingerprint density at radius 3 is 2.29 bits per heavy atom. The van der Waals surface area contributed by atoms with Gasteiger partial charge in [-0.2, -0.15) is 0 Å². The summed E-state index contributed by atoms with van der Waals surface area (Å²) in [5.74, 6) is 0.525. The van der Waals surface area contributed by atoms with Crippen LogP contribution in [0.3, 0.4) is 0 Å². The number of piperidine rings is 2. The molecule has 0 saturated carbocycles. The summed E-state index contributed by atoms with van der Waals surface area (Å²) in [6.45, 7) is 4.85. The van der Waals surface area contributed by atoms with Crippen LogP contribution in [0, 0.1) is 11.8 Å². The predicted molar refractivity (Wildman–Crippen MR) is 132 cm³/mol. The number of hydrogen-bond acceptors (Lipinski definition) is 4. The SMILES string of the molecule is C[C@H]1CCCN(C(=O)C2CCN(C(=O)c3cccc(S(=O)(=O)N(C)c4ccccc4)c3)CC2)C1. The maximum absolute atomic E-state index is 13.2. The Balaban J connectivity index is 1.41. The Labute approximate surface area is 202 Å². The first-order valence-corrected chi connectivity index (χ1v) is 13.4. The summed E-state index contributed by atoms with van der Waals surface area (Å²) in [4.78, 5) is 29.9. The fraction of sp³-hybridized carbons (Fsp3) is 0.462. The zero-order valence-corrected chi connectivity index (χ0v) is 20.7. The van der Waals surface area contributed by atoms with Crippen LogP contribution in [-0.4, -0.2) is 63.3 Å². The van der Waals surface area contributed by atoms with Crippen LogP contribution < -0.4 is 4.31 Å². The maximum Gasteiger partial charge on any atom is 0.264 e. The Morgan fingerprint density at radius 1 is 0.912 bits per heavy atom. The lowest BCUT2D eigenvalue weighted by molar-refractivity contribution is -0.138. The van der Waals surface area contributed by atoms with Gasteiger partial charge in [-0.3, -0.25) is 13.9 Å². The van der Waals surface area contributed by atoms with Gasteiger partial charge < -0.3 is 9.80 Å². The van der Waals surface area contributed by atoms with E-state index in [1.54, 1.807) is 41.3 Å². The smallest absolute Gasteiger partial charge is 0.264 e. The molecule has 2 aliphatic rings. The van der Waals surface area contributed by atoms with Gasteiger partial charge in [-0.15, -0.1) is 0 Å². The molecule has 0 N–H and O–H groups in total. The van der Waals surface area contributed by atoms with E-state index in [4.69, 9.17) is 0 Å². The van der Waals surface area contributed by atoms with Crippen molar-refractivity contribution in [3.8, 4) is 0 Å². The first kappa shape index (κ1) is 24.3. The number of rotatable bonds is 5. The topological polar surface area (TPSA) is 78.0 Å². The highest BCUT2D eigenvalue weighted by atomic mass is 32.2. The van der Waals surface area contributed by atoms with E-state index in [0.717, 1.165) is 19.5 Å². The highest BCUT2D eigenvalue weighted by Crippen LogP contribution is 2.26. The van der Waals surface area contributed by atoms with Crippen LogP contribution in [0.4, 0.5) is 5.69 Å². The van der Waals surface area contributed by atoms with Crippen molar-refractivity contribution in [3.05, 3.63) is 60.2 Å². The summed E-state index contributed by atoms with van der Waals surface area (Å²) < 4.78 is 27.5. The summed E-state index contributed by atoms with van der Waals surface area (Å²) in [5, 5.41) is 0. The van der Waals surface area contributed by atoms with E-state index < -0.39 is 10.0 Å². The summed E-state index contributed by atoms with van der Waals surface area (Å²) in [7, 11) is -2.30. The van der Waals surface area contributed by atoms with Crippen molar-refractivity contribution < 1.29 is 18.0 Å². The van der Waals surface area contributed by atoms with Gasteiger partial charge in [0.15, 0.2) is 0 Å². The molecular formula is C26H33N3O4S. The average molecular weight is 484 g/mol. The van der Waals surface area contributed by atoms with E-state index in [-0.39, 0.29) is 22.6 Å². The molecule has 7 nitrogen and oxygen atoms in total. The molecule has 4 rings (SSSR count). The van der Waals surface area contributed by atoms with Crippen molar-refractivity contribution in [3.63, 3.8) is 0 Å². The van der Waals surface area contributed by atoms with Gasteiger partial charge in [-0.25, -0.2) is 8.42 Å². The molecule has 2 saturated heterocycles. The average Bonchev–Trinajstić information content (AvgIpc) is 2.88. The van der Waals surface area contributed by atoms with Crippen LogP contribution in [0.15, 0.2) is 59.5 Å². The van der Waals surface area contributed by atoms with Gasteiger partial charge >= 0.3 is 0 Å². The van der Waals surface area contributed by atoms with Gasteiger partial charge in [0, 0.05) is 44.7 Å². The van der Waals surface area contributed by atoms with E-state index in [1.165, 1.54) is 29.9 Å². The normalized spacial score (nSPS) is 19.6. The number of anilines is 1. The molecule has 2 heterocycles. The minimum Gasteiger partial charge on any atom is -0.342 e. The number of hydrogen-bond donors (Lipinski definition) is 0. The summed E-state index contributed by atoms with van der Waals surface area (Å²) >= 11 is 0. The van der Waals surface area contributed by atoms with E-state index in [0.29, 0.717) is 43.1 Å². The monoisotopic (exact) mass is 483 g/mol. The second kappa shape index (κ2) is 10.2. The van der Waals surface area contributed by atoms with E-state index >= 15 is 0 Å². The molecule has 0 unspecified atom stereocenters. The third-order valence-corrected chi connectivity index (χ3v) is 8.74. The zero-order valence-electron chi connectivity index (χ0n) is 19.9. The first-order valence-electron chi connectivity index (χ1n) is 12.0. The highest BCUT2D eigenvalue weighted by molar-refractivity contribution is 7.92. The Morgan fingerprint density at radius 2 is 1.62 bits per heavy atom. The van der Waals surface area contributed by atoms with Crippen LogP contribution in [0.1, 0.15) is 43.0 Å². The third-order valence-electron chi connectivity index (χ3n) is 6.96. The quantitative estimate of drug-likeness (QED) is 0.651. The summed E-state index contributed by atoms with van der Waals surface area (Å²) in [6.07, 6.45) is 3.52. The van der Waals surface area contributed by atoms with Crippen molar-refractivity contribution in [2.45, 2.75) is 37.5 Å². The van der Waals surface area contributed by atoms with Gasteiger partial charge in [-0.05, 0) is 61.9 Å². The van der Waals surface area contributed by atoms with E-state index in [2.05, 4.69) is 6.92 Å². The molecule has 2 aliphatic heterocycles. The van der Waals surface area contributed by atoms with Crippen LogP contribution in [0.2, 0.25) is 0 Å². The van der Waals surface area contributed by atoms with E-state index in [1.807, 2.05) is 11.0 Å². The van der Waals surface area contributed by atoms with Gasteiger partial charge in [0.25, 0.3) is 15.9 Å². The van der Waals surface area contributed by atoms with Crippen molar-refractivity contribution in [1.82, 2.24) is 9.80 Å². The Kier molecular flexibility index (Phi) is 7.26. The molecule has 182 valence electrons. The van der Waals surface area contributed by atoms with Gasteiger partial charge in [-0.1, -0.05) is 31.2 Å². The second-order valence-electron chi connectivity index (χ2n) is 9.43. The number of amides is 2. The first-order chi connectivity index (χ1) is 16.3. The Bertz CT molecular complexity index is 1130. The van der Waals surface area contributed by atoms with Crippen molar-refractivity contribution in [2.75, 3.05) is 37.5 Å². The maximum atomic E-state index is 13.2. The molecule has 0 aliphatic carbocycles. The highest BCUT2D eigenvalue weighted by Gasteiger charge is 2.32. The van der Waals surface area contributed by atoms with Crippen molar-refractivity contribution in [2.24, 2.45) is 11.8 Å². The fourth-order valence-electron chi connectivity index (χ4n) is 4.88. The molecular weight excluding hydrogens is 450 g/mol. The summed E-state index contributed by atoms with van der Waals surface area (Å²) in [6, 6.07) is 15.0. The number of para-hydroxylation sites is 1. The number of nitrogens with zero attached hydrogens (tertiary/aromatic N) is 3. The molecule has 2 fully saturated rings. The molecule has 2 aromatic carbocycles. The number of carbonyl (C=O) groups is 2. The summed E-state index contributed by atoms with van der Waals surface area (Å²) in [5.41, 5.74) is 0.895. The lowest BCUT2D eigenvalue weighted by atomic mass is 9.92. The number of benzene rings is 2. The lowest BCUT2D eigenvalue weighted by Gasteiger charge is -2.37. The molecule has 1 atom stereocenters. The largest absolute Gasteiger partial charge is 0.342 e. The second-order valence-corrected chi connectivity index (χ2v) is 11.4. The number of likely N-dealkylation sites (tertiary alicyclic amines) is 2. The van der Waals surface area contributed by atoms with Crippen molar-refractivity contribution in [1.29, 1.82) is 0 Å². The Hall–Kier alpha value is -2.87. The van der Waals surface area contributed by atoms with Gasteiger partial charge in [0.05, 0.1) is 10.6 Å². The van der Waals surface area contributed by atoms with Gasteiger partial charge in [0.2, 0.25) is 5.91 Å².